The minimum absolute atomic E-state index is 0.218. The van der Waals surface area contributed by atoms with E-state index in [0.717, 1.165) is 25.8 Å². The number of nitrogens with zero attached hydrogens (tertiary/aromatic N) is 1. The van der Waals surface area contributed by atoms with Gasteiger partial charge in [0.25, 0.3) is 0 Å². The van der Waals surface area contributed by atoms with Gasteiger partial charge in [-0.1, -0.05) is 13.3 Å². The molecule has 10 atom stereocenters. The summed E-state index contributed by atoms with van der Waals surface area (Å²) in [5, 5.41) is 32.8. The molecule has 2 heterocycles. The third-order valence-corrected chi connectivity index (χ3v) is 7.04. The fourth-order valence-electron chi connectivity index (χ4n) is 4.19. The maximum absolute atomic E-state index is 12.9. The average Bonchev–Trinajstić information content (AvgIpc) is 2.98. The highest BCUT2D eigenvalue weighted by molar-refractivity contribution is 7.84. The van der Waals surface area contributed by atoms with Gasteiger partial charge in [0.1, 0.15) is 24.4 Å². The molecule has 0 aromatic carbocycles. The summed E-state index contributed by atoms with van der Waals surface area (Å²) in [4.78, 5) is 14.9. The van der Waals surface area contributed by atoms with E-state index in [9.17, 15) is 24.3 Å². The molecule has 1 amide bonds. The van der Waals surface area contributed by atoms with Crippen molar-refractivity contribution in [2.75, 3.05) is 19.8 Å². The number of carbonyl (C=O) groups excluding carboxylic acids is 1. The quantitative estimate of drug-likeness (QED) is 0.390. The second-order valence-electron chi connectivity index (χ2n) is 8.00. The van der Waals surface area contributed by atoms with E-state index in [2.05, 4.69) is 12.2 Å². The Labute approximate surface area is 174 Å². The Morgan fingerprint density at radius 2 is 1.96 bits per heavy atom. The Morgan fingerprint density at radius 1 is 1.32 bits per heavy atom. The fourth-order valence-corrected chi connectivity index (χ4v) is 5.24. The minimum atomic E-state index is -1.60. The number of aliphatic hydroxyl groups is 3. The molecule has 2 rings (SSSR count). The summed E-state index contributed by atoms with van der Waals surface area (Å²) in [5.74, 6) is 0.238. The molecule has 0 bridgehead atoms. The van der Waals surface area contributed by atoms with Gasteiger partial charge in [-0.25, -0.2) is 0 Å². The lowest BCUT2D eigenvalue weighted by atomic mass is 9.92. The third kappa shape index (κ3) is 5.24. The summed E-state index contributed by atoms with van der Waals surface area (Å²) >= 11 is 6.28. The van der Waals surface area contributed by atoms with Gasteiger partial charge >= 0.3 is 0 Å². The van der Waals surface area contributed by atoms with E-state index < -0.39 is 52.1 Å². The number of hydrogen-bond donors (Lipinski definition) is 4. The molecule has 0 aromatic rings. The molecule has 2 saturated heterocycles. The van der Waals surface area contributed by atoms with Crippen molar-refractivity contribution in [1.82, 2.24) is 10.2 Å². The van der Waals surface area contributed by atoms with Crippen LogP contribution in [0.15, 0.2) is 0 Å². The number of ether oxygens (including phenoxy) is 1. The van der Waals surface area contributed by atoms with Crippen LogP contribution in [0, 0.1) is 5.92 Å². The van der Waals surface area contributed by atoms with Crippen molar-refractivity contribution >= 4 is 28.3 Å². The van der Waals surface area contributed by atoms with Gasteiger partial charge < -0.3 is 25.4 Å². The fraction of sp³-hybridized carbons (Fsp3) is 0.944. The molecule has 0 aliphatic carbocycles. The normalized spacial score (nSPS) is 40.1. The van der Waals surface area contributed by atoms with Gasteiger partial charge in [-0.05, 0) is 32.7 Å². The summed E-state index contributed by atoms with van der Waals surface area (Å²) in [5.41, 5.74) is -1.18. The smallest absolute Gasteiger partial charge is 0.237 e. The molecule has 0 radical (unpaired) electrons. The van der Waals surface area contributed by atoms with Crippen LogP contribution in [-0.2, 0) is 20.3 Å². The second-order valence-corrected chi connectivity index (χ2v) is 10.1. The summed E-state index contributed by atoms with van der Waals surface area (Å²) in [6.07, 6.45) is -1.41. The van der Waals surface area contributed by atoms with Gasteiger partial charge in [-0.15, -0.1) is 11.6 Å². The number of amides is 1. The van der Waals surface area contributed by atoms with Crippen LogP contribution in [0.25, 0.3) is 0 Å². The molecule has 28 heavy (non-hydrogen) atoms. The van der Waals surface area contributed by atoms with E-state index in [1.54, 1.807) is 6.92 Å². The molecule has 10 heteroatoms. The van der Waals surface area contributed by atoms with E-state index in [1.807, 2.05) is 11.9 Å². The Hall–Kier alpha value is -0.290. The lowest BCUT2D eigenvalue weighted by Crippen LogP contribution is -2.66. The second kappa shape index (κ2) is 10.1. The zero-order valence-corrected chi connectivity index (χ0v) is 18.4. The van der Waals surface area contributed by atoms with Crippen molar-refractivity contribution < 1.29 is 29.1 Å². The van der Waals surface area contributed by atoms with Crippen LogP contribution in [0.5, 0.6) is 0 Å². The zero-order chi connectivity index (χ0) is 21.2. The summed E-state index contributed by atoms with van der Waals surface area (Å²) in [6, 6.07) is -1.13. The molecule has 2 aliphatic rings. The van der Waals surface area contributed by atoms with Crippen molar-refractivity contribution in [2.24, 2.45) is 5.92 Å². The Morgan fingerprint density at radius 3 is 2.50 bits per heavy atom. The van der Waals surface area contributed by atoms with Crippen LogP contribution < -0.4 is 5.32 Å². The lowest BCUT2D eigenvalue weighted by molar-refractivity contribution is -0.206. The van der Waals surface area contributed by atoms with E-state index >= 15 is 0 Å². The summed E-state index contributed by atoms with van der Waals surface area (Å²) in [7, 11) is 0.301. The predicted molar refractivity (Wildman–Crippen MR) is 107 cm³/mol. The minimum Gasteiger partial charge on any atom is -0.388 e. The predicted octanol–water partition coefficient (Wildman–Crippen LogP) is -0.595. The monoisotopic (exact) mass is 440 g/mol. The number of hydrogen-bond acceptors (Lipinski definition) is 7. The number of likely N-dealkylation sites (tertiary alicyclic amines) is 1. The number of carbonyl (C=O) groups is 1. The molecule has 0 aromatic heterocycles. The van der Waals surface area contributed by atoms with Gasteiger partial charge in [0.15, 0.2) is 5.44 Å². The first-order valence-electron chi connectivity index (χ1n) is 9.75. The molecule has 164 valence electrons. The molecule has 0 saturated carbocycles. The van der Waals surface area contributed by atoms with Gasteiger partial charge in [-0.2, -0.15) is 0 Å². The number of rotatable bonds is 7. The van der Waals surface area contributed by atoms with Crippen molar-refractivity contribution in [3.8, 4) is 0 Å². The molecular formula is C18H33ClN2O6S. The maximum Gasteiger partial charge on any atom is 0.237 e. The van der Waals surface area contributed by atoms with Gasteiger partial charge in [0.2, 0.25) is 5.91 Å². The molecule has 2 aliphatic heterocycles. The van der Waals surface area contributed by atoms with E-state index in [4.69, 9.17) is 16.3 Å². The molecule has 2 fully saturated rings. The standard InChI is InChI=1S/C18H33ClN2O6S/c1-5-6-10-7-11(21(3)8-10)17(25)20-12(9(2)19)16-14(23)13(22)15(24)18(27-16)28(4)26/h9-16,18,22-24H,5-8H2,1-4H3,(H,20,25)/t9?,10-,11+,12?,13+,14-,15-,16-,18-,28?/m1/s1. The van der Waals surface area contributed by atoms with E-state index in [0.29, 0.717) is 5.92 Å². The first-order valence-corrected chi connectivity index (χ1v) is 11.8. The number of alkyl halides is 1. The topological polar surface area (TPSA) is 119 Å². The van der Waals surface area contributed by atoms with Crippen LogP contribution >= 0.6 is 11.6 Å². The Bertz CT molecular complexity index is 568. The van der Waals surface area contributed by atoms with Crippen LogP contribution in [-0.4, -0.2) is 97.5 Å². The summed E-state index contributed by atoms with van der Waals surface area (Å²) < 4.78 is 17.5. The van der Waals surface area contributed by atoms with Crippen LogP contribution in [0.3, 0.4) is 0 Å². The van der Waals surface area contributed by atoms with Gasteiger partial charge in [-0.3, -0.25) is 13.9 Å². The van der Waals surface area contributed by atoms with Gasteiger partial charge in [0, 0.05) is 12.8 Å². The Balaban J connectivity index is 2.14. The van der Waals surface area contributed by atoms with Crippen molar-refractivity contribution in [3.05, 3.63) is 0 Å². The number of likely N-dealkylation sites (N-methyl/N-ethyl adjacent to an activating group) is 1. The van der Waals surface area contributed by atoms with Crippen LogP contribution in [0.1, 0.15) is 33.1 Å². The number of aliphatic hydroxyl groups excluding tert-OH is 3. The first kappa shape index (κ1) is 24.0. The third-order valence-electron chi connectivity index (χ3n) is 5.73. The van der Waals surface area contributed by atoms with Crippen molar-refractivity contribution in [3.63, 3.8) is 0 Å². The highest BCUT2D eigenvalue weighted by Gasteiger charge is 2.49. The molecule has 8 nitrogen and oxygen atoms in total. The number of nitrogens with one attached hydrogen (secondary N) is 1. The molecule has 0 spiro atoms. The molecule has 4 N–H and O–H groups in total. The van der Waals surface area contributed by atoms with Crippen LogP contribution in [0.4, 0.5) is 0 Å². The van der Waals surface area contributed by atoms with Crippen molar-refractivity contribution in [2.45, 2.75) is 80.4 Å². The Kier molecular flexibility index (Phi) is 8.69. The number of halogens is 1. The molecule has 3 unspecified atom stereocenters. The zero-order valence-electron chi connectivity index (χ0n) is 16.8. The lowest BCUT2D eigenvalue weighted by Gasteiger charge is -2.43. The van der Waals surface area contributed by atoms with E-state index in [-0.39, 0.29) is 11.9 Å². The average molecular weight is 441 g/mol. The van der Waals surface area contributed by atoms with Crippen molar-refractivity contribution in [1.29, 1.82) is 0 Å². The van der Waals surface area contributed by atoms with Crippen LogP contribution in [0.2, 0.25) is 0 Å². The van der Waals surface area contributed by atoms with E-state index in [1.165, 1.54) is 6.26 Å². The first-order chi connectivity index (χ1) is 13.1. The molecular weight excluding hydrogens is 408 g/mol. The van der Waals surface area contributed by atoms with Gasteiger partial charge in [0.05, 0.1) is 28.3 Å². The highest BCUT2D eigenvalue weighted by atomic mass is 35.5. The maximum atomic E-state index is 12.9. The SMILES string of the molecule is CCC[C@@H]1C[C@@H](C(=O)NC(C(C)Cl)[C@H]2O[C@H](S(C)=O)[C@H](O)[C@@H](O)[C@H]2O)N(C)C1. The largest absolute Gasteiger partial charge is 0.388 e. The summed E-state index contributed by atoms with van der Waals surface area (Å²) in [6.45, 7) is 4.61. The highest BCUT2D eigenvalue weighted by Crippen LogP contribution is 2.29.